The van der Waals surface area contributed by atoms with Crippen LogP contribution in [0.15, 0.2) is 36.5 Å². The molecule has 2 rings (SSSR count). The Labute approximate surface area is 87.9 Å². The van der Waals surface area contributed by atoms with Crippen molar-refractivity contribution in [2.24, 2.45) is 5.73 Å². The van der Waals surface area contributed by atoms with E-state index in [1.807, 2.05) is 19.1 Å². The zero-order valence-corrected chi connectivity index (χ0v) is 8.50. The van der Waals surface area contributed by atoms with Crippen LogP contribution in [0.25, 0.3) is 11.3 Å². The number of hydrogen-bond acceptors (Lipinski definition) is 1. The van der Waals surface area contributed by atoms with Gasteiger partial charge in [0.1, 0.15) is 5.82 Å². The smallest absolute Gasteiger partial charge is 0.132 e. The van der Waals surface area contributed by atoms with Crippen LogP contribution >= 0.6 is 0 Å². The molecule has 2 aromatic rings. The average molecular weight is 204 g/mol. The fourth-order valence-electron chi connectivity index (χ4n) is 1.53. The Morgan fingerprint density at radius 3 is 2.73 bits per heavy atom. The van der Waals surface area contributed by atoms with Crippen LogP contribution in [-0.4, -0.2) is 4.98 Å². The van der Waals surface area contributed by atoms with E-state index >= 15 is 0 Å². The number of rotatable bonds is 2. The fraction of sp³-hybridized carbons (Fsp3) is 0.167. The summed E-state index contributed by atoms with van der Waals surface area (Å²) >= 11 is 0. The highest BCUT2D eigenvalue weighted by Crippen LogP contribution is 2.24. The third kappa shape index (κ3) is 1.92. The minimum absolute atomic E-state index is 0.0840. The van der Waals surface area contributed by atoms with Gasteiger partial charge in [0.2, 0.25) is 0 Å². The minimum Gasteiger partial charge on any atom is -0.361 e. The Hall–Kier alpha value is -1.61. The predicted octanol–water partition coefficient (Wildman–Crippen LogP) is 2.84. The molecule has 0 aliphatic carbocycles. The van der Waals surface area contributed by atoms with E-state index in [1.54, 1.807) is 18.3 Å². The lowest BCUT2D eigenvalue weighted by Crippen LogP contribution is -2.05. The van der Waals surface area contributed by atoms with Crippen LogP contribution in [0, 0.1) is 5.82 Å². The van der Waals surface area contributed by atoms with Crippen LogP contribution in [0.3, 0.4) is 0 Å². The van der Waals surface area contributed by atoms with Crippen molar-refractivity contribution >= 4 is 0 Å². The molecule has 0 bridgehead atoms. The summed E-state index contributed by atoms with van der Waals surface area (Å²) < 4.78 is 13.5. The van der Waals surface area contributed by atoms with Gasteiger partial charge in [0.25, 0.3) is 0 Å². The summed E-state index contributed by atoms with van der Waals surface area (Å²) in [5.41, 5.74) is 8.02. The van der Waals surface area contributed by atoms with Gasteiger partial charge in [0.05, 0.1) is 0 Å². The summed E-state index contributed by atoms with van der Waals surface area (Å²) in [4.78, 5) is 2.98. The molecule has 78 valence electrons. The number of halogens is 1. The topological polar surface area (TPSA) is 41.8 Å². The van der Waals surface area contributed by atoms with Crippen molar-refractivity contribution in [2.45, 2.75) is 13.0 Å². The highest BCUT2D eigenvalue weighted by atomic mass is 19.1. The van der Waals surface area contributed by atoms with Crippen molar-refractivity contribution < 1.29 is 4.39 Å². The van der Waals surface area contributed by atoms with Gasteiger partial charge in [-0.2, -0.15) is 0 Å². The Balaban J connectivity index is 2.51. The first-order valence-corrected chi connectivity index (χ1v) is 4.87. The van der Waals surface area contributed by atoms with Gasteiger partial charge in [-0.05, 0) is 36.8 Å². The second-order valence-electron chi connectivity index (χ2n) is 3.61. The van der Waals surface area contributed by atoms with Gasteiger partial charge in [-0.3, -0.25) is 0 Å². The first-order chi connectivity index (χ1) is 7.18. The van der Waals surface area contributed by atoms with E-state index < -0.39 is 0 Å². The van der Waals surface area contributed by atoms with E-state index in [4.69, 9.17) is 5.73 Å². The molecule has 0 spiro atoms. The Morgan fingerprint density at radius 1 is 1.33 bits per heavy atom. The largest absolute Gasteiger partial charge is 0.361 e. The van der Waals surface area contributed by atoms with Crippen molar-refractivity contribution in [1.82, 2.24) is 4.98 Å². The Kier molecular flexibility index (Phi) is 2.56. The zero-order valence-electron chi connectivity index (χ0n) is 8.50. The molecular weight excluding hydrogens is 191 g/mol. The maximum absolute atomic E-state index is 13.5. The molecule has 3 N–H and O–H groups in total. The molecule has 1 heterocycles. The maximum atomic E-state index is 13.5. The van der Waals surface area contributed by atoms with Crippen molar-refractivity contribution in [2.75, 3.05) is 0 Å². The number of H-pyrrole nitrogens is 1. The molecule has 0 radical (unpaired) electrons. The normalized spacial score (nSPS) is 12.7. The average Bonchev–Trinajstić information content (AvgIpc) is 2.71. The quantitative estimate of drug-likeness (QED) is 0.776. The lowest BCUT2D eigenvalue weighted by Gasteiger charge is -2.08. The monoisotopic (exact) mass is 204 g/mol. The fourth-order valence-corrected chi connectivity index (χ4v) is 1.53. The molecule has 1 aromatic heterocycles. The van der Waals surface area contributed by atoms with E-state index in [0.717, 1.165) is 11.3 Å². The number of nitrogens with one attached hydrogen (secondary N) is 1. The highest BCUT2D eigenvalue weighted by Gasteiger charge is 2.08. The lowest BCUT2D eigenvalue weighted by atomic mass is 10.0. The number of hydrogen-bond donors (Lipinski definition) is 2. The van der Waals surface area contributed by atoms with Crippen molar-refractivity contribution in [1.29, 1.82) is 0 Å². The van der Waals surface area contributed by atoms with Crippen LogP contribution in [0.5, 0.6) is 0 Å². The van der Waals surface area contributed by atoms with Crippen molar-refractivity contribution in [3.8, 4) is 11.3 Å². The molecule has 0 saturated heterocycles. The highest BCUT2D eigenvalue weighted by molar-refractivity contribution is 5.61. The Bertz CT molecular complexity index is 447. The summed E-state index contributed by atoms with van der Waals surface area (Å²) in [5.74, 6) is -0.234. The summed E-state index contributed by atoms with van der Waals surface area (Å²) in [7, 11) is 0. The SMILES string of the molecule is CC(N)c1ccc(F)c(-c2ccc[nH]2)c1. The molecule has 0 aliphatic rings. The van der Waals surface area contributed by atoms with Gasteiger partial charge in [-0.25, -0.2) is 4.39 Å². The summed E-state index contributed by atoms with van der Waals surface area (Å²) in [6.45, 7) is 1.88. The van der Waals surface area contributed by atoms with E-state index in [0.29, 0.717) is 5.56 Å². The third-order valence-electron chi connectivity index (χ3n) is 2.40. The molecule has 0 aliphatic heterocycles. The second-order valence-corrected chi connectivity index (χ2v) is 3.61. The summed E-state index contributed by atoms with van der Waals surface area (Å²) in [6, 6.07) is 8.54. The molecule has 0 fully saturated rings. The van der Waals surface area contributed by atoms with Crippen LogP contribution in [0.1, 0.15) is 18.5 Å². The summed E-state index contributed by atoms with van der Waals surface area (Å²) in [5, 5.41) is 0. The molecule has 1 atom stereocenters. The number of aromatic nitrogens is 1. The van der Waals surface area contributed by atoms with Gasteiger partial charge < -0.3 is 10.7 Å². The van der Waals surface area contributed by atoms with Gasteiger partial charge >= 0.3 is 0 Å². The van der Waals surface area contributed by atoms with Gasteiger partial charge in [-0.1, -0.05) is 6.07 Å². The van der Waals surface area contributed by atoms with Crippen LogP contribution in [0.4, 0.5) is 4.39 Å². The Morgan fingerprint density at radius 2 is 2.13 bits per heavy atom. The van der Waals surface area contributed by atoms with E-state index in [9.17, 15) is 4.39 Å². The van der Waals surface area contributed by atoms with E-state index in [2.05, 4.69) is 4.98 Å². The zero-order chi connectivity index (χ0) is 10.8. The van der Waals surface area contributed by atoms with Crippen molar-refractivity contribution in [3.05, 3.63) is 47.9 Å². The second kappa shape index (κ2) is 3.87. The van der Waals surface area contributed by atoms with Gasteiger partial charge in [-0.15, -0.1) is 0 Å². The van der Waals surface area contributed by atoms with Crippen LogP contribution in [0.2, 0.25) is 0 Å². The van der Waals surface area contributed by atoms with Crippen LogP contribution < -0.4 is 5.73 Å². The number of aromatic amines is 1. The van der Waals surface area contributed by atoms with Crippen molar-refractivity contribution in [3.63, 3.8) is 0 Å². The molecule has 15 heavy (non-hydrogen) atoms. The molecule has 0 amide bonds. The third-order valence-corrected chi connectivity index (χ3v) is 2.40. The maximum Gasteiger partial charge on any atom is 0.132 e. The lowest BCUT2D eigenvalue weighted by molar-refractivity contribution is 0.629. The first kappa shape index (κ1) is 9.93. The number of nitrogens with two attached hydrogens (primary N) is 1. The molecular formula is C12H13FN2. The molecule has 3 heteroatoms. The minimum atomic E-state index is -0.234. The van der Waals surface area contributed by atoms with E-state index in [1.165, 1.54) is 6.07 Å². The predicted molar refractivity (Wildman–Crippen MR) is 58.8 cm³/mol. The molecule has 1 unspecified atom stereocenters. The van der Waals surface area contributed by atoms with Gasteiger partial charge in [0, 0.05) is 23.5 Å². The molecule has 1 aromatic carbocycles. The molecule has 0 saturated carbocycles. The summed E-state index contributed by atoms with van der Waals surface area (Å²) in [6.07, 6.45) is 1.77. The van der Waals surface area contributed by atoms with E-state index in [-0.39, 0.29) is 11.9 Å². The first-order valence-electron chi connectivity index (χ1n) is 4.87. The number of benzene rings is 1. The van der Waals surface area contributed by atoms with Crippen LogP contribution in [-0.2, 0) is 0 Å². The molecule has 2 nitrogen and oxygen atoms in total. The standard InChI is InChI=1S/C12H13FN2/c1-8(14)9-4-5-11(13)10(7-9)12-3-2-6-15-12/h2-8,15H,14H2,1H3. The van der Waals surface area contributed by atoms with Gasteiger partial charge in [0.15, 0.2) is 0 Å².